The molecule has 0 atom stereocenters. The second-order valence-corrected chi connectivity index (χ2v) is 7.81. The third kappa shape index (κ3) is 5.18. The first kappa shape index (κ1) is 20.7. The van der Waals surface area contributed by atoms with Crippen LogP contribution in [0.25, 0.3) is 0 Å². The van der Waals surface area contributed by atoms with E-state index in [-0.39, 0.29) is 34.6 Å². The van der Waals surface area contributed by atoms with Crippen LogP contribution in [0.3, 0.4) is 0 Å². The minimum Gasteiger partial charge on any atom is -0.463 e. The first-order valence-electron chi connectivity index (χ1n) is 8.11. The summed E-state index contributed by atoms with van der Waals surface area (Å²) >= 11 is 0. The Bertz CT molecular complexity index is 944. The number of ether oxygens (including phenoxy) is 2. The van der Waals surface area contributed by atoms with Crippen LogP contribution in [0.1, 0.15) is 46.1 Å². The molecule has 2 aromatic rings. The maximum absolute atomic E-state index is 12.2. The van der Waals surface area contributed by atoms with Crippen LogP contribution in [-0.4, -0.2) is 33.5 Å². The molecule has 1 N–H and O–H groups in total. The van der Waals surface area contributed by atoms with E-state index < -0.39 is 22.0 Å². The topological polar surface area (TPSA) is 112 Å². The third-order valence-corrected chi connectivity index (χ3v) is 5.11. The van der Waals surface area contributed by atoms with Crippen LogP contribution in [-0.2, 0) is 26.1 Å². The van der Waals surface area contributed by atoms with E-state index in [0.29, 0.717) is 5.56 Å². The molecule has 0 aliphatic carbocycles. The van der Waals surface area contributed by atoms with E-state index in [1.165, 1.54) is 31.4 Å². The van der Waals surface area contributed by atoms with Gasteiger partial charge in [-0.15, -0.1) is 0 Å². The van der Waals surface area contributed by atoms with Gasteiger partial charge in [-0.3, -0.25) is 0 Å². The normalized spacial score (nSPS) is 11.4. The van der Waals surface area contributed by atoms with Crippen molar-refractivity contribution in [3.05, 3.63) is 53.0 Å². The zero-order valence-corrected chi connectivity index (χ0v) is 16.3. The number of sulfonamides is 1. The second-order valence-electron chi connectivity index (χ2n) is 6.10. The number of carbonyl (C=O) groups is 2. The van der Waals surface area contributed by atoms with Gasteiger partial charge < -0.3 is 13.9 Å². The summed E-state index contributed by atoms with van der Waals surface area (Å²) < 4.78 is 41.9. The fourth-order valence-corrected chi connectivity index (χ4v) is 3.60. The van der Waals surface area contributed by atoms with Crippen molar-refractivity contribution in [2.24, 2.45) is 0 Å². The Kier molecular flexibility index (Phi) is 6.40. The monoisotopic (exact) mass is 395 g/mol. The molecular formula is C18H21NO7S. The Labute approximate surface area is 157 Å². The lowest BCUT2D eigenvalue weighted by Gasteiger charge is -2.10. The molecule has 0 saturated heterocycles. The molecule has 0 aliphatic rings. The largest absolute Gasteiger partial charge is 0.463 e. The molecule has 1 aromatic carbocycles. The van der Waals surface area contributed by atoms with Crippen LogP contribution in [0, 0.1) is 6.92 Å². The highest BCUT2D eigenvalue weighted by Crippen LogP contribution is 2.18. The molecule has 2 rings (SSSR count). The molecule has 0 radical (unpaired) electrons. The lowest BCUT2D eigenvalue weighted by molar-refractivity contribution is 0.0438. The standard InChI is InChI=1S/C18H21NO7S/c1-11(2)19-27(22,23)15-7-5-6-13(9-15)17(20)25-10-14-8-12(3)16(26-14)18(21)24-4/h5-9,11,19H,10H2,1-4H3. The quantitative estimate of drug-likeness (QED) is 0.717. The van der Waals surface area contributed by atoms with Gasteiger partial charge in [0.15, 0.2) is 0 Å². The van der Waals surface area contributed by atoms with Gasteiger partial charge in [0, 0.05) is 11.6 Å². The predicted octanol–water partition coefficient (Wildman–Crippen LogP) is 2.42. The van der Waals surface area contributed by atoms with Gasteiger partial charge in [0.25, 0.3) is 0 Å². The SMILES string of the molecule is COC(=O)c1oc(COC(=O)c2cccc(S(=O)(=O)NC(C)C)c2)cc1C. The number of methoxy groups -OCH3 is 1. The van der Waals surface area contributed by atoms with Crippen molar-refractivity contribution in [3.8, 4) is 0 Å². The van der Waals surface area contributed by atoms with Gasteiger partial charge in [-0.2, -0.15) is 0 Å². The van der Waals surface area contributed by atoms with E-state index in [2.05, 4.69) is 9.46 Å². The van der Waals surface area contributed by atoms with Crippen molar-refractivity contribution >= 4 is 22.0 Å². The third-order valence-electron chi connectivity index (χ3n) is 3.46. The summed E-state index contributed by atoms with van der Waals surface area (Å²) in [5, 5.41) is 0. The van der Waals surface area contributed by atoms with Gasteiger partial charge in [0.2, 0.25) is 15.8 Å². The molecule has 146 valence electrons. The number of esters is 2. The molecule has 0 bridgehead atoms. The fraction of sp³-hybridized carbons (Fsp3) is 0.333. The summed E-state index contributed by atoms with van der Waals surface area (Å²) in [6.07, 6.45) is 0. The highest BCUT2D eigenvalue weighted by atomic mass is 32.2. The average Bonchev–Trinajstić information content (AvgIpc) is 2.98. The van der Waals surface area contributed by atoms with Crippen molar-refractivity contribution in [2.75, 3.05) is 7.11 Å². The Balaban J connectivity index is 2.11. The first-order chi connectivity index (χ1) is 12.6. The fourth-order valence-electron chi connectivity index (χ4n) is 2.30. The molecule has 0 aliphatic heterocycles. The molecule has 0 fully saturated rings. The van der Waals surface area contributed by atoms with Crippen LogP contribution in [0.15, 0.2) is 39.6 Å². The average molecular weight is 395 g/mol. The predicted molar refractivity (Wildman–Crippen MR) is 95.8 cm³/mol. The van der Waals surface area contributed by atoms with Crippen LogP contribution in [0.2, 0.25) is 0 Å². The second kappa shape index (κ2) is 8.36. The van der Waals surface area contributed by atoms with E-state index in [1.807, 2.05) is 0 Å². The highest BCUT2D eigenvalue weighted by molar-refractivity contribution is 7.89. The number of furan rings is 1. The van der Waals surface area contributed by atoms with Gasteiger partial charge in [-0.1, -0.05) is 6.07 Å². The van der Waals surface area contributed by atoms with Crippen molar-refractivity contribution < 1.29 is 31.9 Å². The maximum Gasteiger partial charge on any atom is 0.374 e. The lowest BCUT2D eigenvalue weighted by Crippen LogP contribution is -2.30. The lowest BCUT2D eigenvalue weighted by atomic mass is 10.2. The number of aryl methyl sites for hydroxylation is 1. The molecule has 27 heavy (non-hydrogen) atoms. The van der Waals surface area contributed by atoms with E-state index >= 15 is 0 Å². The summed E-state index contributed by atoms with van der Waals surface area (Å²) in [6.45, 7) is 4.85. The van der Waals surface area contributed by atoms with Crippen molar-refractivity contribution in [3.63, 3.8) is 0 Å². The Hall–Kier alpha value is -2.65. The molecule has 1 aromatic heterocycles. The molecule has 1 heterocycles. The Morgan fingerprint density at radius 1 is 1.19 bits per heavy atom. The maximum atomic E-state index is 12.2. The number of nitrogens with one attached hydrogen (secondary N) is 1. The number of hydrogen-bond donors (Lipinski definition) is 1. The molecule has 0 saturated carbocycles. The Morgan fingerprint density at radius 3 is 2.52 bits per heavy atom. The van der Waals surface area contributed by atoms with Crippen molar-refractivity contribution in [1.29, 1.82) is 0 Å². The van der Waals surface area contributed by atoms with Crippen LogP contribution in [0.4, 0.5) is 0 Å². The number of carbonyl (C=O) groups excluding carboxylic acids is 2. The zero-order valence-electron chi connectivity index (χ0n) is 15.4. The molecule has 0 spiro atoms. The molecular weight excluding hydrogens is 374 g/mol. The highest BCUT2D eigenvalue weighted by Gasteiger charge is 2.19. The number of rotatable bonds is 7. The first-order valence-corrected chi connectivity index (χ1v) is 9.59. The van der Waals surface area contributed by atoms with E-state index in [4.69, 9.17) is 9.15 Å². The van der Waals surface area contributed by atoms with E-state index in [0.717, 1.165) is 0 Å². The molecule has 0 unspecified atom stereocenters. The zero-order chi connectivity index (χ0) is 20.2. The van der Waals surface area contributed by atoms with E-state index in [1.54, 1.807) is 26.8 Å². The summed E-state index contributed by atoms with van der Waals surface area (Å²) in [5.74, 6) is -1.03. The van der Waals surface area contributed by atoms with Crippen molar-refractivity contribution in [2.45, 2.75) is 38.3 Å². The van der Waals surface area contributed by atoms with Gasteiger partial charge in [0.1, 0.15) is 12.4 Å². The van der Waals surface area contributed by atoms with Gasteiger partial charge in [-0.05, 0) is 45.0 Å². The summed E-state index contributed by atoms with van der Waals surface area (Å²) in [4.78, 5) is 23.7. The molecule has 8 nitrogen and oxygen atoms in total. The summed E-state index contributed by atoms with van der Waals surface area (Å²) in [7, 11) is -2.49. The van der Waals surface area contributed by atoms with Crippen LogP contribution >= 0.6 is 0 Å². The summed E-state index contributed by atoms with van der Waals surface area (Å²) in [6, 6.07) is 6.81. The minimum absolute atomic E-state index is 0.0347. The van der Waals surface area contributed by atoms with Crippen LogP contribution in [0.5, 0.6) is 0 Å². The summed E-state index contributed by atoms with van der Waals surface area (Å²) in [5.41, 5.74) is 0.638. The number of benzene rings is 1. The number of hydrogen-bond acceptors (Lipinski definition) is 7. The van der Waals surface area contributed by atoms with Gasteiger partial charge >= 0.3 is 11.9 Å². The van der Waals surface area contributed by atoms with Crippen molar-refractivity contribution in [1.82, 2.24) is 4.72 Å². The minimum atomic E-state index is -3.73. The van der Waals surface area contributed by atoms with Crippen LogP contribution < -0.4 is 4.72 Å². The van der Waals surface area contributed by atoms with E-state index in [9.17, 15) is 18.0 Å². The molecule has 9 heteroatoms. The molecule has 0 amide bonds. The Morgan fingerprint density at radius 2 is 1.89 bits per heavy atom. The van der Waals surface area contributed by atoms with Gasteiger partial charge in [0.05, 0.1) is 17.6 Å². The van der Waals surface area contributed by atoms with Gasteiger partial charge in [-0.25, -0.2) is 22.7 Å². The smallest absolute Gasteiger partial charge is 0.374 e.